The topological polar surface area (TPSA) is 38.8 Å². The Morgan fingerprint density at radius 2 is 1.83 bits per heavy atom. The molecule has 0 spiro atoms. The third-order valence-electron chi connectivity index (χ3n) is 3.98. The van der Waals surface area contributed by atoms with E-state index in [2.05, 4.69) is 22.6 Å². The van der Waals surface area contributed by atoms with Crippen molar-refractivity contribution in [3.8, 4) is 5.75 Å². The Hall–Kier alpha value is -1.76. The van der Waals surface area contributed by atoms with E-state index in [9.17, 15) is 4.79 Å². The standard InChI is InChI=1S/C18H18INO3/c1-22-15-9-7-13(8-10-15)12-20-17(14-5-3-2-4-6-14)16(11-19)23-18(20)21/h2-10,16-17H,11-12H2,1H3/t16-,17+/m0/s1. The molecule has 0 aliphatic carbocycles. The number of alkyl halides is 1. The van der Waals surface area contributed by atoms with Gasteiger partial charge in [-0.25, -0.2) is 4.79 Å². The second kappa shape index (κ2) is 7.21. The molecule has 0 aromatic heterocycles. The monoisotopic (exact) mass is 423 g/mol. The van der Waals surface area contributed by atoms with Gasteiger partial charge in [-0.3, -0.25) is 4.90 Å². The summed E-state index contributed by atoms with van der Waals surface area (Å²) in [6.45, 7) is 0.523. The van der Waals surface area contributed by atoms with Gasteiger partial charge in [0.25, 0.3) is 0 Å². The first kappa shape index (κ1) is 16.1. The summed E-state index contributed by atoms with van der Waals surface area (Å²) in [7, 11) is 1.64. The molecule has 5 heteroatoms. The van der Waals surface area contributed by atoms with E-state index in [-0.39, 0.29) is 18.2 Å². The van der Waals surface area contributed by atoms with Crippen molar-refractivity contribution in [2.24, 2.45) is 0 Å². The zero-order valence-corrected chi connectivity index (χ0v) is 15.0. The second-order valence-corrected chi connectivity index (χ2v) is 6.29. The number of nitrogens with zero attached hydrogens (tertiary/aromatic N) is 1. The van der Waals surface area contributed by atoms with Gasteiger partial charge in [0.05, 0.1) is 13.2 Å². The Balaban J connectivity index is 1.86. The highest BCUT2D eigenvalue weighted by atomic mass is 127. The third-order valence-corrected chi connectivity index (χ3v) is 4.85. The molecule has 2 atom stereocenters. The molecule has 23 heavy (non-hydrogen) atoms. The highest BCUT2D eigenvalue weighted by Crippen LogP contribution is 2.35. The molecule has 1 amide bonds. The van der Waals surface area contributed by atoms with Crippen molar-refractivity contribution in [2.45, 2.75) is 18.7 Å². The lowest BCUT2D eigenvalue weighted by molar-refractivity contribution is 0.139. The number of hydrogen-bond donors (Lipinski definition) is 0. The van der Waals surface area contributed by atoms with E-state index in [1.54, 1.807) is 12.0 Å². The minimum atomic E-state index is -0.253. The molecule has 0 N–H and O–H groups in total. The van der Waals surface area contributed by atoms with Crippen LogP contribution in [0.3, 0.4) is 0 Å². The lowest BCUT2D eigenvalue weighted by Crippen LogP contribution is -2.29. The molecule has 2 aromatic carbocycles. The molecule has 1 saturated heterocycles. The molecule has 1 fully saturated rings. The zero-order chi connectivity index (χ0) is 16.2. The molecule has 0 saturated carbocycles. The van der Waals surface area contributed by atoms with E-state index in [0.717, 1.165) is 21.3 Å². The van der Waals surface area contributed by atoms with Crippen molar-refractivity contribution in [2.75, 3.05) is 11.5 Å². The zero-order valence-electron chi connectivity index (χ0n) is 12.8. The van der Waals surface area contributed by atoms with Crippen LogP contribution in [-0.4, -0.2) is 28.6 Å². The molecule has 0 unspecified atom stereocenters. The van der Waals surface area contributed by atoms with Gasteiger partial charge in [-0.2, -0.15) is 0 Å². The molecule has 2 aromatic rings. The Morgan fingerprint density at radius 1 is 1.13 bits per heavy atom. The highest BCUT2D eigenvalue weighted by molar-refractivity contribution is 14.1. The predicted molar refractivity (Wildman–Crippen MR) is 96.9 cm³/mol. The van der Waals surface area contributed by atoms with Crippen LogP contribution in [0.5, 0.6) is 5.75 Å². The number of amides is 1. The van der Waals surface area contributed by atoms with Crippen LogP contribution in [0, 0.1) is 0 Å². The van der Waals surface area contributed by atoms with Gasteiger partial charge in [-0.1, -0.05) is 65.1 Å². The summed E-state index contributed by atoms with van der Waals surface area (Å²) in [5.41, 5.74) is 2.16. The smallest absolute Gasteiger partial charge is 0.411 e. The summed E-state index contributed by atoms with van der Waals surface area (Å²) in [6, 6.07) is 17.8. The van der Waals surface area contributed by atoms with Gasteiger partial charge in [-0.15, -0.1) is 0 Å². The van der Waals surface area contributed by atoms with E-state index in [1.165, 1.54) is 0 Å². The number of rotatable bonds is 5. The number of hydrogen-bond acceptors (Lipinski definition) is 3. The maximum absolute atomic E-state index is 12.3. The molecule has 120 valence electrons. The van der Waals surface area contributed by atoms with Gasteiger partial charge in [-0.05, 0) is 23.3 Å². The van der Waals surface area contributed by atoms with Crippen LogP contribution >= 0.6 is 22.6 Å². The lowest BCUT2D eigenvalue weighted by Gasteiger charge is -2.24. The minimum absolute atomic E-state index is 0.0531. The van der Waals surface area contributed by atoms with Gasteiger partial charge in [0.2, 0.25) is 0 Å². The predicted octanol–water partition coefficient (Wildman–Crippen LogP) is 4.19. The number of carbonyl (C=O) groups excluding carboxylic acids is 1. The Labute approximate surface area is 149 Å². The lowest BCUT2D eigenvalue weighted by atomic mass is 10.0. The Morgan fingerprint density at radius 3 is 2.43 bits per heavy atom. The van der Waals surface area contributed by atoms with E-state index in [0.29, 0.717) is 6.54 Å². The van der Waals surface area contributed by atoms with E-state index in [4.69, 9.17) is 9.47 Å². The maximum atomic E-state index is 12.3. The summed E-state index contributed by atoms with van der Waals surface area (Å²) in [6.07, 6.45) is -0.375. The molecule has 0 bridgehead atoms. The largest absolute Gasteiger partial charge is 0.497 e. The quantitative estimate of drug-likeness (QED) is 0.535. The number of cyclic esters (lactones) is 1. The van der Waals surface area contributed by atoms with Crippen molar-refractivity contribution in [3.63, 3.8) is 0 Å². The van der Waals surface area contributed by atoms with Crippen molar-refractivity contribution in [1.29, 1.82) is 0 Å². The fourth-order valence-electron chi connectivity index (χ4n) is 2.83. The van der Waals surface area contributed by atoms with Crippen LogP contribution in [0.2, 0.25) is 0 Å². The molecule has 4 nitrogen and oxygen atoms in total. The maximum Gasteiger partial charge on any atom is 0.411 e. The first-order valence-corrected chi connectivity index (χ1v) is 8.96. The van der Waals surface area contributed by atoms with Crippen LogP contribution < -0.4 is 4.74 Å². The molecule has 1 heterocycles. The van der Waals surface area contributed by atoms with Gasteiger partial charge >= 0.3 is 6.09 Å². The summed E-state index contributed by atoms with van der Waals surface area (Å²) >= 11 is 2.27. The van der Waals surface area contributed by atoms with Gasteiger partial charge in [0.1, 0.15) is 11.9 Å². The Bertz CT molecular complexity index is 660. The van der Waals surface area contributed by atoms with Crippen LogP contribution in [0.15, 0.2) is 54.6 Å². The number of ether oxygens (including phenoxy) is 2. The Kier molecular flexibility index (Phi) is 5.05. The molecule has 1 aliphatic rings. The van der Waals surface area contributed by atoms with Gasteiger partial charge in [0, 0.05) is 11.0 Å². The minimum Gasteiger partial charge on any atom is -0.497 e. The first-order chi connectivity index (χ1) is 11.2. The van der Waals surface area contributed by atoms with Crippen LogP contribution in [0.4, 0.5) is 4.79 Å². The SMILES string of the molecule is COc1ccc(CN2C(=O)O[C@@H](CI)[C@H]2c2ccccc2)cc1. The summed E-state index contributed by atoms with van der Waals surface area (Å²) in [4.78, 5) is 14.1. The fourth-order valence-corrected chi connectivity index (χ4v) is 3.49. The summed E-state index contributed by atoms with van der Waals surface area (Å²) in [5.74, 6) is 0.808. The first-order valence-electron chi connectivity index (χ1n) is 7.44. The van der Waals surface area contributed by atoms with Crippen molar-refractivity contribution >= 4 is 28.7 Å². The average molecular weight is 423 g/mol. The number of halogens is 1. The summed E-state index contributed by atoms with van der Waals surface area (Å²) < 4.78 is 11.5. The van der Waals surface area contributed by atoms with Crippen molar-refractivity contribution in [3.05, 3.63) is 65.7 Å². The van der Waals surface area contributed by atoms with Crippen molar-refractivity contribution < 1.29 is 14.3 Å². The number of benzene rings is 2. The molecule has 3 rings (SSSR count). The molecule has 1 aliphatic heterocycles. The van der Waals surface area contributed by atoms with E-state index >= 15 is 0 Å². The van der Waals surface area contributed by atoms with Crippen LogP contribution in [-0.2, 0) is 11.3 Å². The van der Waals surface area contributed by atoms with Gasteiger partial charge in [0.15, 0.2) is 0 Å². The van der Waals surface area contributed by atoms with E-state index in [1.807, 2.05) is 54.6 Å². The highest BCUT2D eigenvalue weighted by Gasteiger charge is 2.41. The fraction of sp³-hybridized carbons (Fsp3) is 0.278. The van der Waals surface area contributed by atoms with E-state index < -0.39 is 0 Å². The molecular weight excluding hydrogens is 405 g/mol. The normalized spacial score (nSPS) is 20.4. The number of carbonyl (C=O) groups is 1. The second-order valence-electron chi connectivity index (χ2n) is 5.41. The average Bonchev–Trinajstić information content (AvgIpc) is 2.92. The van der Waals surface area contributed by atoms with Crippen LogP contribution in [0.25, 0.3) is 0 Å². The third kappa shape index (κ3) is 3.44. The summed E-state index contributed by atoms with van der Waals surface area (Å²) in [5, 5.41) is 0. The van der Waals surface area contributed by atoms with Gasteiger partial charge < -0.3 is 9.47 Å². The molecular formula is C18H18INO3. The molecule has 0 radical (unpaired) electrons. The van der Waals surface area contributed by atoms with Crippen molar-refractivity contribution in [1.82, 2.24) is 4.90 Å². The number of methoxy groups -OCH3 is 1. The van der Waals surface area contributed by atoms with Crippen LogP contribution in [0.1, 0.15) is 17.2 Å².